The van der Waals surface area contributed by atoms with Crippen LogP contribution >= 0.6 is 23.2 Å². The normalized spacial score (nSPS) is 11.6. The third kappa shape index (κ3) is 6.53. The Bertz CT molecular complexity index is 1650. The molecule has 0 aliphatic rings. The van der Waals surface area contributed by atoms with Crippen LogP contribution in [0.3, 0.4) is 0 Å². The zero-order valence-corrected chi connectivity index (χ0v) is 24.3. The fourth-order valence-corrected chi connectivity index (χ4v) is 5.49. The number of aromatic nitrogens is 1. The first-order chi connectivity index (χ1) is 18.5. The van der Waals surface area contributed by atoms with Gasteiger partial charge < -0.3 is 4.57 Å². The molecule has 0 saturated heterocycles. The van der Waals surface area contributed by atoms with Gasteiger partial charge in [0, 0.05) is 22.5 Å². The Balaban J connectivity index is 1.48. The Morgan fingerprint density at radius 3 is 2.31 bits per heavy atom. The number of nitrogens with zero attached hydrogens (tertiary/aromatic N) is 3. The highest BCUT2D eigenvalue weighted by Gasteiger charge is 2.19. The summed E-state index contributed by atoms with van der Waals surface area (Å²) >= 11 is 12.6. The molecule has 10 heteroatoms. The monoisotopic (exact) mass is 582 g/mol. The molecule has 0 bridgehead atoms. The minimum absolute atomic E-state index is 0.188. The fourth-order valence-electron chi connectivity index (χ4n) is 4.22. The number of anilines is 1. The zero-order valence-electron chi connectivity index (χ0n) is 21.9. The van der Waals surface area contributed by atoms with E-state index in [-0.39, 0.29) is 6.54 Å². The average Bonchev–Trinajstić information content (AvgIpc) is 3.17. The van der Waals surface area contributed by atoms with Crippen LogP contribution in [0, 0.1) is 20.8 Å². The van der Waals surface area contributed by atoms with Crippen molar-refractivity contribution in [2.45, 2.75) is 27.3 Å². The lowest BCUT2D eigenvalue weighted by molar-refractivity contribution is 0.0955. The lowest BCUT2D eigenvalue weighted by atomic mass is 10.1. The van der Waals surface area contributed by atoms with Crippen LogP contribution in [0.1, 0.15) is 38.4 Å². The van der Waals surface area contributed by atoms with Crippen LogP contribution in [0.4, 0.5) is 5.69 Å². The minimum atomic E-state index is -3.54. The summed E-state index contributed by atoms with van der Waals surface area (Å²) in [5, 5.41) is 5.04. The van der Waals surface area contributed by atoms with E-state index in [1.807, 2.05) is 67.8 Å². The van der Waals surface area contributed by atoms with Gasteiger partial charge in [0.15, 0.2) is 0 Å². The predicted octanol–water partition coefficient (Wildman–Crippen LogP) is 6.44. The van der Waals surface area contributed by atoms with Crippen LogP contribution in [0.25, 0.3) is 5.69 Å². The number of halogens is 2. The molecule has 0 fully saturated rings. The number of carbonyl (C=O) groups is 1. The lowest BCUT2D eigenvalue weighted by Gasteiger charge is -2.22. The number of hydrogen-bond acceptors (Lipinski definition) is 4. The summed E-state index contributed by atoms with van der Waals surface area (Å²) in [6.45, 7) is 6.03. The second-order valence-electron chi connectivity index (χ2n) is 9.24. The van der Waals surface area contributed by atoms with E-state index in [4.69, 9.17) is 23.2 Å². The van der Waals surface area contributed by atoms with Crippen LogP contribution in [0.2, 0.25) is 10.0 Å². The van der Waals surface area contributed by atoms with E-state index in [1.165, 1.54) is 4.31 Å². The van der Waals surface area contributed by atoms with Crippen molar-refractivity contribution in [1.82, 2.24) is 9.99 Å². The van der Waals surface area contributed by atoms with Crippen LogP contribution in [0.15, 0.2) is 77.9 Å². The molecule has 0 unspecified atom stereocenters. The van der Waals surface area contributed by atoms with E-state index in [0.717, 1.165) is 40.0 Å². The van der Waals surface area contributed by atoms with E-state index in [2.05, 4.69) is 10.5 Å². The summed E-state index contributed by atoms with van der Waals surface area (Å²) in [5.74, 6) is -0.422. The molecule has 1 heterocycles. The Morgan fingerprint density at radius 2 is 1.67 bits per heavy atom. The van der Waals surface area contributed by atoms with Crippen molar-refractivity contribution >= 4 is 51.0 Å². The second-order valence-corrected chi connectivity index (χ2v) is 11.9. The summed E-state index contributed by atoms with van der Waals surface area (Å²) < 4.78 is 28.3. The van der Waals surface area contributed by atoms with Crippen molar-refractivity contribution in [3.63, 3.8) is 0 Å². The summed E-state index contributed by atoms with van der Waals surface area (Å²) in [5.41, 5.74) is 8.67. The summed E-state index contributed by atoms with van der Waals surface area (Å²) in [6.07, 6.45) is 2.73. The van der Waals surface area contributed by atoms with E-state index < -0.39 is 15.9 Å². The third-order valence-electron chi connectivity index (χ3n) is 6.28. The maximum absolute atomic E-state index is 12.7. The molecule has 0 spiro atoms. The van der Waals surface area contributed by atoms with Gasteiger partial charge in [-0.15, -0.1) is 0 Å². The summed E-state index contributed by atoms with van der Waals surface area (Å²) in [7, 11) is -3.54. The van der Waals surface area contributed by atoms with Crippen LogP contribution in [-0.4, -0.2) is 31.4 Å². The molecule has 0 atom stereocenters. The van der Waals surface area contributed by atoms with E-state index in [1.54, 1.807) is 36.5 Å². The van der Waals surface area contributed by atoms with Crippen molar-refractivity contribution in [2.24, 2.45) is 5.10 Å². The molecular weight excluding hydrogens is 555 g/mol. The molecule has 0 aliphatic heterocycles. The minimum Gasteiger partial charge on any atom is -0.316 e. The van der Waals surface area contributed by atoms with Crippen molar-refractivity contribution in [1.29, 1.82) is 0 Å². The van der Waals surface area contributed by atoms with Gasteiger partial charge in [0.25, 0.3) is 5.91 Å². The standard InChI is InChI=1S/C29H28Cl2N4O3S/c1-19-8-10-22(11-9-19)18-34(39(4,37)38)25-14-12-23(13-15-25)29(36)33-32-17-24-16-20(2)35(21(24)3)27-7-5-6-26(30)28(27)31/h5-17H,18H2,1-4H3,(H,33,36)/b32-17-. The maximum Gasteiger partial charge on any atom is 0.271 e. The lowest BCUT2D eigenvalue weighted by Crippen LogP contribution is -2.29. The zero-order chi connectivity index (χ0) is 28.3. The van der Waals surface area contributed by atoms with Crippen LogP contribution < -0.4 is 9.73 Å². The van der Waals surface area contributed by atoms with E-state index >= 15 is 0 Å². The van der Waals surface area contributed by atoms with Gasteiger partial charge in [0.2, 0.25) is 10.0 Å². The maximum atomic E-state index is 12.7. The molecule has 1 N–H and O–H groups in total. The quantitative estimate of drug-likeness (QED) is 0.192. The molecule has 7 nitrogen and oxygen atoms in total. The number of rotatable bonds is 8. The van der Waals surface area contributed by atoms with Gasteiger partial charge in [0.1, 0.15) is 0 Å². The number of hydrogen-bond donors (Lipinski definition) is 1. The summed E-state index contributed by atoms with van der Waals surface area (Å²) in [6, 6.07) is 21.4. The Kier molecular flexibility index (Phi) is 8.49. The fraction of sp³-hybridized carbons (Fsp3) is 0.172. The van der Waals surface area contributed by atoms with Gasteiger partial charge in [0.05, 0.1) is 40.4 Å². The molecule has 0 radical (unpaired) electrons. The topological polar surface area (TPSA) is 83.8 Å². The van der Waals surface area contributed by atoms with Gasteiger partial charge in [-0.3, -0.25) is 9.10 Å². The number of sulfonamides is 1. The van der Waals surface area contributed by atoms with Crippen molar-refractivity contribution in [3.8, 4) is 5.69 Å². The molecule has 0 aliphatic carbocycles. The molecule has 202 valence electrons. The Labute approximate surface area is 238 Å². The SMILES string of the molecule is Cc1ccc(CN(c2ccc(C(=O)N/N=C\c3cc(C)n(-c4cccc(Cl)c4Cl)c3C)cc2)S(C)(=O)=O)cc1. The Hall–Kier alpha value is -3.59. The van der Waals surface area contributed by atoms with E-state index in [0.29, 0.717) is 21.3 Å². The highest BCUT2D eigenvalue weighted by molar-refractivity contribution is 7.92. The average molecular weight is 584 g/mol. The highest BCUT2D eigenvalue weighted by Crippen LogP contribution is 2.31. The smallest absolute Gasteiger partial charge is 0.271 e. The molecule has 1 aromatic heterocycles. The van der Waals surface area contributed by atoms with Gasteiger partial charge in [-0.2, -0.15) is 5.10 Å². The van der Waals surface area contributed by atoms with Gasteiger partial charge >= 0.3 is 0 Å². The number of benzene rings is 3. The van der Waals surface area contributed by atoms with Crippen LogP contribution in [-0.2, 0) is 16.6 Å². The van der Waals surface area contributed by atoms with Crippen molar-refractivity contribution in [2.75, 3.05) is 10.6 Å². The highest BCUT2D eigenvalue weighted by atomic mass is 35.5. The molecule has 39 heavy (non-hydrogen) atoms. The molecule has 0 saturated carbocycles. The van der Waals surface area contributed by atoms with Crippen molar-refractivity contribution in [3.05, 3.63) is 116 Å². The van der Waals surface area contributed by atoms with E-state index in [9.17, 15) is 13.2 Å². The largest absolute Gasteiger partial charge is 0.316 e. The molecular formula is C29H28Cl2N4O3S. The third-order valence-corrected chi connectivity index (χ3v) is 8.23. The van der Waals surface area contributed by atoms with Gasteiger partial charge in [-0.05, 0) is 68.8 Å². The van der Waals surface area contributed by atoms with Crippen LogP contribution in [0.5, 0.6) is 0 Å². The molecule has 4 aromatic rings. The molecule has 1 amide bonds. The Morgan fingerprint density at radius 1 is 1.00 bits per heavy atom. The molecule has 3 aromatic carbocycles. The number of aryl methyl sites for hydroxylation is 2. The number of carbonyl (C=O) groups excluding carboxylic acids is 1. The van der Waals surface area contributed by atoms with Gasteiger partial charge in [-0.1, -0.05) is 59.1 Å². The van der Waals surface area contributed by atoms with Gasteiger partial charge in [-0.25, -0.2) is 13.8 Å². The number of nitrogens with one attached hydrogen (secondary N) is 1. The predicted molar refractivity (Wildman–Crippen MR) is 159 cm³/mol. The first kappa shape index (κ1) is 28.4. The number of amides is 1. The molecule has 4 rings (SSSR count). The summed E-state index contributed by atoms with van der Waals surface area (Å²) in [4.78, 5) is 12.7. The first-order valence-electron chi connectivity index (χ1n) is 12.1. The van der Waals surface area contributed by atoms with Crippen molar-refractivity contribution < 1.29 is 13.2 Å². The number of hydrazone groups is 1. The first-order valence-corrected chi connectivity index (χ1v) is 14.7. The second kappa shape index (κ2) is 11.7.